The van der Waals surface area contributed by atoms with Gasteiger partial charge in [-0.15, -0.1) is 0 Å². The van der Waals surface area contributed by atoms with Gasteiger partial charge in [0.2, 0.25) is 0 Å². The third-order valence-electron chi connectivity index (χ3n) is 1.99. The van der Waals surface area contributed by atoms with E-state index in [9.17, 15) is 0 Å². The smallest absolute Gasteiger partial charge is 0.0492 e. The SMILES string of the molecule is N[C@H]1CCn2nccc2C1. The number of aryl methyl sites for hydroxylation is 1. The summed E-state index contributed by atoms with van der Waals surface area (Å²) in [7, 11) is 0. The molecule has 2 N–H and O–H groups in total. The summed E-state index contributed by atoms with van der Waals surface area (Å²) in [5.41, 5.74) is 7.04. The molecule has 0 fully saturated rings. The van der Waals surface area contributed by atoms with Crippen LogP contribution in [0, 0.1) is 0 Å². The molecule has 0 unspecified atom stereocenters. The number of hydrogen-bond donors (Lipinski definition) is 1. The molecule has 0 saturated heterocycles. The van der Waals surface area contributed by atoms with Gasteiger partial charge in [-0.3, -0.25) is 4.68 Å². The minimum atomic E-state index is 0.351. The van der Waals surface area contributed by atoms with Gasteiger partial charge in [0.1, 0.15) is 0 Å². The van der Waals surface area contributed by atoms with Gasteiger partial charge in [0, 0.05) is 30.9 Å². The molecule has 0 amide bonds. The van der Waals surface area contributed by atoms with Crippen LogP contribution in [0.2, 0.25) is 0 Å². The van der Waals surface area contributed by atoms with Crippen molar-refractivity contribution >= 4 is 0 Å². The van der Waals surface area contributed by atoms with Gasteiger partial charge >= 0.3 is 0 Å². The van der Waals surface area contributed by atoms with Gasteiger partial charge in [-0.2, -0.15) is 5.10 Å². The maximum atomic E-state index is 5.77. The standard InChI is InChI=1S/C7H11N3/c8-6-2-4-10-7(5-6)1-3-9-10/h1,3,6H,2,4-5,8H2/t6-/m0/s1. The lowest BCUT2D eigenvalue weighted by atomic mass is 10.1. The molecule has 1 aromatic rings. The summed E-state index contributed by atoms with van der Waals surface area (Å²) in [5, 5.41) is 4.15. The van der Waals surface area contributed by atoms with E-state index in [4.69, 9.17) is 5.73 Å². The molecule has 0 saturated carbocycles. The lowest BCUT2D eigenvalue weighted by molar-refractivity contribution is 0.439. The van der Waals surface area contributed by atoms with E-state index in [0.717, 1.165) is 19.4 Å². The van der Waals surface area contributed by atoms with E-state index in [-0.39, 0.29) is 0 Å². The van der Waals surface area contributed by atoms with E-state index in [0.29, 0.717) is 6.04 Å². The summed E-state index contributed by atoms with van der Waals surface area (Å²) in [5.74, 6) is 0. The number of nitrogens with two attached hydrogens (primary N) is 1. The molecule has 0 bridgehead atoms. The minimum Gasteiger partial charge on any atom is -0.327 e. The zero-order valence-electron chi connectivity index (χ0n) is 5.83. The van der Waals surface area contributed by atoms with Crippen LogP contribution >= 0.6 is 0 Å². The fourth-order valence-corrected chi connectivity index (χ4v) is 1.39. The first kappa shape index (κ1) is 5.92. The Morgan fingerprint density at radius 2 is 2.60 bits per heavy atom. The quantitative estimate of drug-likeness (QED) is 0.553. The van der Waals surface area contributed by atoms with Crippen LogP contribution < -0.4 is 5.73 Å². The summed E-state index contributed by atoms with van der Waals surface area (Å²) in [4.78, 5) is 0. The van der Waals surface area contributed by atoms with Gasteiger partial charge in [-0.05, 0) is 12.5 Å². The highest BCUT2D eigenvalue weighted by molar-refractivity contribution is 5.04. The van der Waals surface area contributed by atoms with Crippen molar-refractivity contribution < 1.29 is 0 Å². The zero-order valence-corrected chi connectivity index (χ0v) is 5.83. The Kier molecular flexibility index (Phi) is 1.24. The largest absolute Gasteiger partial charge is 0.327 e. The summed E-state index contributed by atoms with van der Waals surface area (Å²) >= 11 is 0. The van der Waals surface area contributed by atoms with Crippen molar-refractivity contribution in [2.45, 2.75) is 25.4 Å². The minimum absolute atomic E-state index is 0.351. The Labute approximate surface area is 59.8 Å². The highest BCUT2D eigenvalue weighted by atomic mass is 15.3. The van der Waals surface area contributed by atoms with Gasteiger partial charge in [0.25, 0.3) is 0 Å². The molecule has 2 rings (SSSR count). The number of rotatable bonds is 0. The third-order valence-corrected chi connectivity index (χ3v) is 1.99. The summed E-state index contributed by atoms with van der Waals surface area (Å²) in [6.07, 6.45) is 3.89. The Hall–Kier alpha value is -0.830. The summed E-state index contributed by atoms with van der Waals surface area (Å²) in [6, 6.07) is 2.39. The van der Waals surface area contributed by atoms with Crippen molar-refractivity contribution in [1.82, 2.24) is 9.78 Å². The maximum Gasteiger partial charge on any atom is 0.0492 e. The average molecular weight is 137 g/mol. The first-order valence-electron chi connectivity index (χ1n) is 3.62. The van der Waals surface area contributed by atoms with Crippen LogP contribution in [-0.2, 0) is 13.0 Å². The number of fused-ring (bicyclic) bond motifs is 1. The number of aromatic nitrogens is 2. The third kappa shape index (κ3) is 0.827. The van der Waals surface area contributed by atoms with Gasteiger partial charge in [-0.1, -0.05) is 0 Å². The lowest BCUT2D eigenvalue weighted by Gasteiger charge is -2.18. The van der Waals surface area contributed by atoms with Crippen LogP contribution in [0.3, 0.4) is 0 Å². The fourth-order valence-electron chi connectivity index (χ4n) is 1.39. The van der Waals surface area contributed by atoms with Crippen molar-refractivity contribution in [1.29, 1.82) is 0 Å². The first-order chi connectivity index (χ1) is 4.86. The first-order valence-corrected chi connectivity index (χ1v) is 3.62. The van der Waals surface area contributed by atoms with Gasteiger partial charge in [-0.25, -0.2) is 0 Å². The lowest BCUT2D eigenvalue weighted by Crippen LogP contribution is -2.30. The fraction of sp³-hybridized carbons (Fsp3) is 0.571. The molecular formula is C7H11N3. The molecular weight excluding hydrogens is 126 g/mol. The molecule has 0 spiro atoms. The molecule has 1 atom stereocenters. The summed E-state index contributed by atoms with van der Waals surface area (Å²) < 4.78 is 2.03. The predicted molar refractivity (Wildman–Crippen MR) is 38.5 cm³/mol. The molecule has 2 heterocycles. The van der Waals surface area contributed by atoms with Crippen molar-refractivity contribution in [3.05, 3.63) is 18.0 Å². The molecule has 0 radical (unpaired) electrons. The average Bonchev–Trinajstić information content (AvgIpc) is 2.33. The van der Waals surface area contributed by atoms with Crippen LogP contribution in [-0.4, -0.2) is 15.8 Å². The second-order valence-electron chi connectivity index (χ2n) is 2.80. The molecule has 10 heavy (non-hydrogen) atoms. The van der Waals surface area contributed by atoms with Crippen LogP contribution in [0.1, 0.15) is 12.1 Å². The second kappa shape index (κ2) is 2.09. The van der Waals surface area contributed by atoms with Crippen molar-refractivity contribution in [2.24, 2.45) is 5.73 Å². The van der Waals surface area contributed by atoms with E-state index >= 15 is 0 Å². The van der Waals surface area contributed by atoms with E-state index < -0.39 is 0 Å². The Balaban J connectivity index is 2.30. The highest BCUT2D eigenvalue weighted by Gasteiger charge is 2.14. The van der Waals surface area contributed by atoms with E-state index in [1.54, 1.807) is 0 Å². The molecule has 3 heteroatoms. The van der Waals surface area contributed by atoms with Crippen LogP contribution in [0.5, 0.6) is 0 Å². The molecule has 0 aliphatic carbocycles. The van der Waals surface area contributed by atoms with E-state index in [1.165, 1.54) is 5.69 Å². The highest BCUT2D eigenvalue weighted by Crippen LogP contribution is 2.11. The molecule has 1 aromatic heterocycles. The molecule has 3 nitrogen and oxygen atoms in total. The summed E-state index contributed by atoms with van der Waals surface area (Å²) in [6.45, 7) is 0.990. The molecule has 1 aliphatic heterocycles. The van der Waals surface area contributed by atoms with Crippen LogP contribution in [0.15, 0.2) is 12.3 Å². The maximum absolute atomic E-state index is 5.77. The Morgan fingerprint density at radius 1 is 1.70 bits per heavy atom. The second-order valence-corrected chi connectivity index (χ2v) is 2.80. The zero-order chi connectivity index (χ0) is 6.97. The van der Waals surface area contributed by atoms with Crippen molar-refractivity contribution in [3.63, 3.8) is 0 Å². The number of nitrogens with zero attached hydrogens (tertiary/aromatic N) is 2. The van der Waals surface area contributed by atoms with E-state index in [1.807, 2.05) is 16.9 Å². The normalized spacial score (nSPS) is 24.3. The monoisotopic (exact) mass is 137 g/mol. The molecule has 0 aromatic carbocycles. The van der Waals surface area contributed by atoms with Gasteiger partial charge < -0.3 is 5.73 Å². The van der Waals surface area contributed by atoms with E-state index in [2.05, 4.69) is 5.10 Å². The number of hydrogen-bond acceptors (Lipinski definition) is 2. The molecule has 54 valence electrons. The van der Waals surface area contributed by atoms with Crippen LogP contribution in [0.25, 0.3) is 0 Å². The topological polar surface area (TPSA) is 43.8 Å². The Morgan fingerprint density at radius 3 is 3.50 bits per heavy atom. The predicted octanol–water partition coefficient (Wildman–Crippen LogP) is 0.157. The van der Waals surface area contributed by atoms with Gasteiger partial charge in [0.05, 0.1) is 0 Å². The van der Waals surface area contributed by atoms with Gasteiger partial charge in [0.15, 0.2) is 0 Å². The molecule has 1 aliphatic rings. The van der Waals surface area contributed by atoms with Crippen LogP contribution in [0.4, 0.5) is 0 Å². The van der Waals surface area contributed by atoms with Crippen molar-refractivity contribution in [2.75, 3.05) is 0 Å². The van der Waals surface area contributed by atoms with Crippen molar-refractivity contribution in [3.8, 4) is 0 Å². The Bertz CT molecular complexity index is 229.